The van der Waals surface area contributed by atoms with Gasteiger partial charge in [0.25, 0.3) is 0 Å². The summed E-state index contributed by atoms with van der Waals surface area (Å²) in [5.74, 6) is -3.56. The van der Waals surface area contributed by atoms with Crippen LogP contribution in [-0.2, 0) is 59.5 Å². The normalized spacial score (nSPS) is 10.1. The van der Waals surface area contributed by atoms with Gasteiger partial charge in [0.15, 0.2) is 0 Å². The molecule has 0 aliphatic carbocycles. The number of hydrogen-bond donors (Lipinski definition) is 1. The molecule has 0 bridgehead atoms. The van der Waals surface area contributed by atoms with Crippen molar-refractivity contribution in [3.8, 4) is 56.3 Å². The number of unbranched alkanes of at least 4 members (excludes halogenated alkanes) is 15. The van der Waals surface area contributed by atoms with Crippen molar-refractivity contribution in [3.63, 3.8) is 0 Å². The van der Waals surface area contributed by atoms with Crippen LogP contribution in [0.1, 0.15) is 164 Å². The Kier molecular flexibility index (Phi) is 42.5. The quantitative estimate of drug-likeness (QED) is 0.0308. The number of pyridine rings is 6. The van der Waals surface area contributed by atoms with E-state index in [9.17, 15) is 22.4 Å². The van der Waals surface area contributed by atoms with Gasteiger partial charge in [0, 0.05) is 80.6 Å². The van der Waals surface area contributed by atoms with Crippen LogP contribution in [0.5, 0.6) is 0 Å². The summed E-state index contributed by atoms with van der Waals surface area (Å²) >= 11 is 0. The molecule has 5 aromatic carbocycles. The molecule has 99 heavy (non-hydrogen) atoms. The average molecular weight is 1690 g/mol. The number of aromatic carboxylic acids is 1. The molecule has 0 fully saturated rings. The van der Waals surface area contributed by atoms with Crippen LogP contribution in [0.25, 0.3) is 56.3 Å². The molecule has 0 unspecified atom stereocenters. The van der Waals surface area contributed by atoms with Gasteiger partial charge in [-0.3, -0.25) is 17.6 Å². The molecule has 0 saturated heterocycles. The molecule has 0 saturated carbocycles. The summed E-state index contributed by atoms with van der Waals surface area (Å²) in [6, 6.07) is 71.2. The predicted molar refractivity (Wildman–Crippen MR) is 385 cm³/mol. The largest absolute Gasteiger partial charge is 3.00 e. The SMILES string of the molecule is CCCCCCCCc1c[c-]c(-c2ccccn2)cc1.CCCCCCCCc1c[c-]c(-c2ccccn2)cc1.CCCCCCCCc1c[c-]c(-c2ccccn2)cc1.Fc1c[c-]c(-c2ccccn2)c(F)c1.Fc1c[c-]c(-c2ccccn2)c(F)c1.O=C(O)c1ccccn1.[Ir+3].[Ir]. The molecule has 0 spiro atoms. The Bertz CT molecular complexity index is 3520. The monoisotopic (exact) mass is 1690 g/mol. The molecule has 11 rings (SSSR count). The third-order valence-electron chi connectivity index (χ3n) is 15.4. The van der Waals surface area contributed by atoms with E-state index in [0.29, 0.717) is 11.4 Å². The van der Waals surface area contributed by atoms with Crippen molar-refractivity contribution in [1.82, 2.24) is 29.9 Å². The fraction of sp³-hybridized carbons (Fsp3) is 0.282. The predicted octanol–water partition coefficient (Wildman–Crippen LogP) is 22.8. The molecular weight excluding hydrogens is 1600 g/mol. The summed E-state index contributed by atoms with van der Waals surface area (Å²) in [6.07, 6.45) is 37.9. The smallest absolute Gasteiger partial charge is 0.477 e. The van der Waals surface area contributed by atoms with Crippen molar-refractivity contribution < 1.29 is 67.7 Å². The van der Waals surface area contributed by atoms with Crippen molar-refractivity contribution in [1.29, 1.82) is 0 Å². The minimum absolute atomic E-state index is 0. The van der Waals surface area contributed by atoms with E-state index in [0.717, 1.165) is 58.0 Å². The Morgan fingerprint density at radius 2 is 0.626 bits per heavy atom. The number of rotatable bonds is 27. The Morgan fingerprint density at radius 3 is 0.859 bits per heavy atom. The summed E-state index contributed by atoms with van der Waals surface area (Å²) in [7, 11) is 0. The number of carboxylic acid groups (broad SMARTS) is 1. The first kappa shape index (κ1) is 82.9. The molecule has 519 valence electrons. The van der Waals surface area contributed by atoms with Gasteiger partial charge in [-0.05, 0) is 70.9 Å². The van der Waals surface area contributed by atoms with Crippen LogP contribution in [0.2, 0.25) is 0 Å². The number of carboxylic acids is 1. The fourth-order valence-electron chi connectivity index (χ4n) is 10.0. The first-order chi connectivity index (χ1) is 47.5. The van der Waals surface area contributed by atoms with Crippen molar-refractivity contribution in [3.05, 3.63) is 301 Å². The zero-order valence-electron chi connectivity index (χ0n) is 56.9. The maximum Gasteiger partial charge on any atom is 3.00 e. The topological polar surface area (TPSA) is 115 Å². The fourth-order valence-corrected chi connectivity index (χ4v) is 10.0. The average Bonchev–Trinajstić information content (AvgIpc) is 0.928. The van der Waals surface area contributed by atoms with E-state index in [1.165, 1.54) is 164 Å². The molecule has 0 amide bonds. The van der Waals surface area contributed by atoms with Crippen molar-refractivity contribution in [2.75, 3.05) is 0 Å². The van der Waals surface area contributed by atoms with Gasteiger partial charge in [-0.2, -0.15) is 0 Å². The summed E-state index contributed by atoms with van der Waals surface area (Å²) in [4.78, 5) is 34.7. The van der Waals surface area contributed by atoms with Gasteiger partial charge in [-0.15, -0.1) is 130 Å². The number of benzene rings is 5. The van der Waals surface area contributed by atoms with Crippen LogP contribution in [0.3, 0.4) is 0 Å². The molecule has 0 aliphatic rings. The number of nitrogens with zero attached hydrogens (tertiary/aromatic N) is 6. The molecule has 11 aromatic rings. The summed E-state index contributed by atoms with van der Waals surface area (Å²) in [5.41, 5.74) is 11.8. The Morgan fingerprint density at radius 1 is 0.343 bits per heavy atom. The summed E-state index contributed by atoms with van der Waals surface area (Å²) in [5, 5.41) is 8.32. The third kappa shape index (κ3) is 33.3. The molecular formula is C85H89F4Ir2N6O2-2. The number of aryl methyl sites for hydroxylation is 3. The van der Waals surface area contributed by atoms with E-state index < -0.39 is 29.2 Å². The zero-order valence-corrected chi connectivity index (χ0v) is 61.7. The van der Waals surface area contributed by atoms with Gasteiger partial charge < -0.3 is 30.0 Å². The van der Waals surface area contributed by atoms with E-state index in [-0.39, 0.29) is 57.0 Å². The Balaban J connectivity index is 0.000000255. The standard InChI is InChI=1S/3C19H24N.2C11H6F2N.C6H5NO2.2Ir/c3*1-2-3-4-5-6-7-10-17-12-14-18(15-13-17)19-11-8-9-16-20-19;2*12-8-4-5-9(10(13)7-8)11-3-1-2-6-14-11;8-6(9)5-3-1-2-4-7-5;;/h3*8-9,11-14,16H,2-7,10H2,1H3;2*1-4,6-7H;1-4H,(H,8,9);;/q5*-1;;;+3. The molecule has 1 N–H and O–H groups in total. The minimum Gasteiger partial charge on any atom is -0.477 e. The van der Waals surface area contributed by atoms with Gasteiger partial charge in [0.1, 0.15) is 5.69 Å². The van der Waals surface area contributed by atoms with Crippen LogP contribution >= 0.6 is 0 Å². The summed E-state index contributed by atoms with van der Waals surface area (Å²) in [6.45, 7) is 6.79. The van der Waals surface area contributed by atoms with Crippen LogP contribution in [0.15, 0.2) is 225 Å². The summed E-state index contributed by atoms with van der Waals surface area (Å²) < 4.78 is 51.6. The Hall–Kier alpha value is -8.51. The van der Waals surface area contributed by atoms with E-state index in [4.69, 9.17) is 5.11 Å². The van der Waals surface area contributed by atoms with Crippen molar-refractivity contribution in [2.24, 2.45) is 0 Å². The number of aromatic nitrogens is 6. The van der Waals surface area contributed by atoms with Crippen molar-refractivity contribution in [2.45, 2.75) is 156 Å². The maximum absolute atomic E-state index is 13.2. The van der Waals surface area contributed by atoms with Crippen LogP contribution < -0.4 is 0 Å². The molecule has 0 atom stereocenters. The Labute approximate surface area is 612 Å². The maximum atomic E-state index is 13.2. The zero-order chi connectivity index (χ0) is 68.8. The van der Waals surface area contributed by atoms with Crippen LogP contribution in [0, 0.1) is 53.6 Å². The van der Waals surface area contributed by atoms with E-state index in [1.54, 1.807) is 60.9 Å². The number of carbonyl (C=O) groups is 1. The van der Waals surface area contributed by atoms with Crippen molar-refractivity contribution >= 4 is 5.97 Å². The van der Waals surface area contributed by atoms with E-state index in [1.807, 2.05) is 73.2 Å². The molecule has 6 heterocycles. The minimum atomic E-state index is -0.990. The van der Waals surface area contributed by atoms with E-state index in [2.05, 4.69) is 136 Å². The van der Waals surface area contributed by atoms with Gasteiger partial charge in [0.2, 0.25) is 0 Å². The molecule has 6 aromatic heterocycles. The van der Waals surface area contributed by atoms with Gasteiger partial charge >= 0.3 is 26.1 Å². The molecule has 14 heteroatoms. The van der Waals surface area contributed by atoms with Crippen LogP contribution in [0.4, 0.5) is 17.6 Å². The number of halogens is 4. The van der Waals surface area contributed by atoms with Gasteiger partial charge in [-0.25, -0.2) is 9.78 Å². The van der Waals surface area contributed by atoms with Gasteiger partial charge in [0.05, 0.1) is 0 Å². The van der Waals surface area contributed by atoms with Gasteiger partial charge in [-0.1, -0.05) is 246 Å². The second-order valence-electron chi connectivity index (χ2n) is 23.1. The second-order valence-corrected chi connectivity index (χ2v) is 23.1. The second kappa shape index (κ2) is 50.8. The third-order valence-corrected chi connectivity index (χ3v) is 15.4. The molecule has 8 nitrogen and oxygen atoms in total. The van der Waals surface area contributed by atoms with Crippen LogP contribution in [-0.4, -0.2) is 41.0 Å². The first-order valence-electron chi connectivity index (χ1n) is 34.0. The molecule has 0 aliphatic heterocycles. The van der Waals surface area contributed by atoms with E-state index >= 15 is 0 Å². The first-order valence-corrected chi connectivity index (χ1v) is 34.0. The molecule has 1 radical (unpaired) electrons. The number of hydrogen-bond acceptors (Lipinski definition) is 7.